The predicted octanol–water partition coefficient (Wildman–Crippen LogP) is 5.71. The normalized spacial score (nSPS) is 14.6. The molecule has 0 aliphatic rings. The molecule has 3 rings (SSSR count). The minimum absolute atomic E-state index is 0.000510. The fourth-order valence-corrected chi connectivity index (χ4v) is 2.28. The number of hydrogen-bond acceptors (Lipinski definition) is 1. The number of rotatable bonds is 2. The largest absolute Gasteiger partial charge is 0.256 e. The van der Waals surface area contributed by atoms with E-state index in [9.17, 15) is 0 Å². The molecule has 0 atom stereocenters. The average Bonchev–Trinajstić information content (AvgIpc) is 2.65. The van der Waals surface area contributed by atoms with E-state index in [0.717, 1.165) is 5.56 Å². The number of benzene rings is 2. The minimum atomic E-state index is -0.388. The molecular weight excluding hydrogens is 266 g/mol. The zero-order chi connectivity index (χ0) is 19.9. The van der Waals surface area contributed by atoms with Gasteiger partial charge in [-0.2, -0.15) is 0 Å². The van der Waals surface area contributed by atoms with Gasteiger partial charge in [0.05, 0.1) is 12.5 Å². The van der Waals surface area contributed by atoms with Gasteiger partial charge in [-0.05, 0) is 40.3 Å². The lowest BCUT2D eigenvalue weighted by Gasteiger charge is -2.19. The van der Waals surface area contributed by atoms with Gasteiger partial charge in [0.25, 0.3) is 0 Å². The molecular formula is C21H21N. The van der Waals surface area contributed by atoms with Crippen molar-refractivity contribution in [1.82, 2.24) is 4.98 Å². The topological polar surface area (TPSA) is 12.9 Å². The fraction of sp³-hybridized carbons (Fsp3) is 0.190. The van der Waals surface area contributed by atoms with E-state index in [2.05, 4.69) is 37.9 Å². The van der Waals surface area contributed by atoms with Gasteiger partial charge in [-0.15, -0.1) is 0 Å². The molecule has 0 fully saturated rings. The Morgan fingerprint density at radius 1 is 0.864 bits per heavy atom. The van der Waals surface area contributed by atoms with Gasteiger partial charge in [-0.25, -0.2) is 0 Å². The Hall–Kier alpha value is -2.41. The molecule has 3 aromatic rings. The van der Waals surface area contributed by atoms with Gasteiger partial charge in [0.15, 0.2) is 0 Å². The summed E-state index contributed by atoms with van der Waals surface area (Å²) in [6.45, 7) is 6.42. The van der Waals surface area contributed by atoms with Gasteiger partial charge in [0.2, 0.25) is 0 Å². The van der Waals surface area contributed by atoms with Gasteiger partial charge in [0.1, 0.15) is 0 Å². The standard InChI is InChI=1S/C21H21N/c1-21(2,3)19-11-7-10-18(14-19)20-15-17(12-13-22-20)16-8-5-4-6-9-16/h4-15H,1-3H3/i4D,5D,6D,8D,9D. The Kier molecular flexibility index (Phi) is 2.51. The summed E-state index contributed by atoms with van der Waals surface area (Å²) in [6, 6.07) is 10.1. The summed E-state index contributed by atoms with van der Waals surface area (Å²) in [5.74, 6) is 0. The molecule has 0 amide bonds. The highest BCUT2D eigenvalue weighted by molar-refractivity contribution is 5.70. The van der Waals surface area contributed by atoms with Crippen LogP contribution in [0, 0.1) is 0 Å². The Morgan fingerprint density at radius 2 is 1.64 bits per heavy atom. The fourth-order valence-electron chi connectivity index (χ4n) is 2.28. The molecule has 0 bridgehead atoms. The zero-order valence-electron chi connectivity index (χ0n) is 18.0. The summed E-state index contributed by atoms with van der Waals surface area (Å²) in [5.41, 5.74) is 3.55. The first-order valence-electron chi connectivity index (χ1n) is 9.75. The van der Waals surface area contributed by atoms with Crippen LogP contribution in [-0.2, 0) is 5.41 Å². The predicted molar refractivity (Wildman–Crippen MR) is 93.8 cm³/mol. The maximum Gasteiger partial charge on any atom is 0.0708 e. The average molecular weight is 292 g/mol. The van der Waals surface area contributed by atoms with Crippen LogP contribution in [0.15, 0.2) is 72.8 Å². The Labute approximate surface area is 139 Å². The molecule has 1 heteroatoms. The minimum Gasteiger partial charge on any atom is -0.256 e. The second-order valence-corrected chi connectivity index (χ2v) is 6.26. The lowest BCUT2D eigenvalue weighted by molar-refractivity contribution is 0.590. The molecule has 0 saturated carbocycles. The van der Waals surface area contributed by atoms with Crippen molar-refractivity contribution in [3.63, 3.8) is 0 Å². The van der Waals surface area contributed by atoms with Crippen LogP contribution in [0.3, 0.4) is 0 Å². The first-order chi connectivity index (χ1) is 12.6. The Morgan fingerprint density at radius 3 is 2.36 bits per heavy atom. The van der Waals surface area contributed by atoms with E-state index in [-0.39, 0.29) is 41.2 Å². The van der Waals surface area contributed by atoms with E-state index < -0.39 is 0 Å². The second-order valence-electron chi connectivity index (χ2n) is 6.26. The molecule has 0 spiro atoms. The van der Waals surface area contributed by atoms with E-state index in [4.69, 9.17) is 6.85 Å². The third kappa shape index (κ3) is 3.09. The molecule has 0 aliphatic heterocycles. The van der Waals surface area contributed by atoms with Crippen molar-refractivity contribution in [2.24, 2.45) is 0 Å². The Balaban J connectivity index is 2.17. The molecule has 0 radical (unpaired) electrons. The summed E-state index contributed by atoms with van der Waals surface area (Å²) in [6.07, 6.45) is 1.61. The Bertz CT molecular complexity index is 993. The maximum absolute atomic E-state index is 8.17. The van der Waals surface area contributed by atoms with Gasteiger partial charge < -0.3 is 0 Å². The van der Waals surface area contributed by atoms with Gasteiger partial charge in [0, 0.05) is 11.8 Å². The first-order valence-corrected chi connectivity index (χ1v) is 7.25. The smallest absolute Gasteiger partial charge is 0.0708 e. The molecule has 22 heavy (non-hydrogen) atoms. The monoisotopic (exact) mass is 292 g/mol. The van der Waals surface area contributed by atoms with Crippen LogP contribution < -0.4 is 0 Å². The maximum atomic E-state index is 8.17. The molecule has 1 heterocycles. The number of aromatic nitrogens is 1. The van der Waals surface area contributed by atoms with E-state index in [1.54, 1.807) is 18.3 Å². The molecule has 0 N–H and O–H groups in total. The zero-order valence-corrected chi connectivity index (χ0v) is 13.0. The summed E-state index contributed by atoms with van der Waals surface area (Å²) >= 11 is 0. The SMILES string of the molecule is [2H]c1c([2H])c([2H])c(-c2ccnc(-c3cccc(C(C)(C)C)c3)c2)c([2H])c1[2H]. The lowest BCUT2D eigenvalue weighted by Crippen LogP contribution is -2.10. The third-order valence-corrected chi connectivity index (χ3v) is 3.57. The number of hydrogen-bond donors (Lipinski definition) is 0. The summed E-state index contributed by atoms with van der Waals surface area (Å²) in [5, 5.41) is 0. The molecule has 0 saturated heterocycles. The molecule has 0 aliphatic carbocycles. The molecule has 2 aromatic carbocycles. The highest BCUT2D eigenvalue weighted by atomic mass is 14.7. The number of pyridine rings is 1. The summed E-state index contributed by atoms with van der Waals surface area (Å²) < 4.78 is 39.8. The van der Waals surface area contributed by atoms with Crippen molar-refractivity contribution in [2.75, 3.05) is 0 Å². The number of nitrogens with zero attached hydrogens (tertiary/aromatic N) is 1. The first kappa shape index (κ1) is 9.58. The quantitative estimate of drug-likeness (QED) is 0.589. The van der Waals surface area contributed by atoms with Gasteiger partial charge in [-0.3, -0.25) is 4.98 Å². The highest BCUT2D eigenvalue weighted by Gasteiger charge is 2.14. The van der Waals surface area contributed by atoms with Crippen molar-refractivity contribution in [3.05, 3.63) is 78.4 Å². The van der Waals surface area contributed by atoms with Crippen molar-refractivity contribution in [2.45, 2.75) is 26.2 Å². The summed E-state index contributed by atoms with van der Waals surface area (Å²) in [4.78, 5) is 4.43. The van der Waals surface area contributed by atoms with Crippen LogP contribution in [0.25, 0.3) is 22.4 Å². The van der Waals surface area contributed by atoms with Crippen LogP contribution in [-0.4, -0.2) is 4.98 Å². The van der Waals surface area contributed by atoms with Gasteiger partial charge >= 0.3 is 0 Å². The van der Waals surface area contributed by atoms with E-state index in [1.165, 1.54) is 5.56 Å². The molecule has 110 valence electrons. The third-order valence-electron chi connectivity index (χ3n) is 3.57. The second kappa shape index (κ2) is 5.76. The van der Waals surface area contributed by atoms with Crippen LogP contribution >= 0.6 is 0 Å². The molecule has 0 unspecified atom stereocenters. The summed E-state index contributed by atoms with van der Waals surface area (Å²) in [7, 11) is 0. The van der Waals surface area contributed by atoms with E-state index >= 15 is 0 Å². The van der Waals surface area contributed by atoms with Crippen molar-refractivity contribution >= 4 is 0 Å². The molecule has 1 nitrogen and oxygen atoms in total. The van der Waals surface area contributed by atoms with Crippen molar-refractivity contribution < 1.29 is 6.85 Å². The highest BCUT2D eigenvalue weighted by Crippen LogP contribution is 2.28. The van der Waals surface area contributed by atoms with Crippen LogP contribution in [0.1, 0.15) is 33.2 Å². The van der Waals surface area contributed by atoms with E-state index in [1.807, 2.05) is 12.1 Å². The lowest BCUT2D eigenvalue weighted by atomic mass is 9.86. The molecule has 1 aromatic heterocycles. The van der Waals surface area contributed by atoms with Gasteiger partial charge in [-0.1, -0.05) is 69.2 Å². The van der Waals surface area contributed by atoms with E-state index in [0.29, 0.717) is 11.3 Å². The van der Waals surface area contributed by atoms with Crippen LogP contribution in [0.2, 0.25) is 0 Å². The van der Waals surface area contributed by atoms with Crippen molar-refractivity contribution in [3.8, 4) is 22.4 Å². The van der Waals surface area contributed by atoms with Crippen molar-refractivity contribution in [1.29, 1.82) is 0 Å². The van der Waals surface area contributed by atoms with Crippen LogP contribution in [0.5, 0.6) is 0 Å². The van der Waals surface area contributed by atoms with Crippen LogP contribution in [0.4, 0.5) is 0 Å².